The van der Waals surface area contributed by atoms with Crippen molar-refractivity contribution in [2.75, 3.05) is 20.1 Å². The molecule has 0 saturated carbocycles. The molecule has 0 aliphatic carbocycles. The summed E-state index contributed by atoms with van der Waals surface area (Å²) < 4.78 is 13.2. The Balaban J connectivity index is 1.06. The summed E-state index contributed by atoms with van der Waals surface area (Å²) in [6.45, 7) is 1.18. The number of nitrogens with one attached hydrogen (secondary N) is 1. The Hall–Kier alpha value is -5.49. The summed E-state index contributed by atoms with van der Waals surface area (Å²) >= 11 is 0. The van der Waals surface area contributed by atoms with Crippen molar-refractivity contribution in [1.29, 1.82) is 0 Å². The lowest BCUT2D eigenvalue weighted by Gasteiger charge is -2.38. The monoisotopic (exact) mass is 710 g/mol. The van der Waals surface area contributed by atoms with Crippen LogP contribution >= 0.6 is 0 Å². The van der Waals surface area contributed by atoms with Crippen LogP contribution in [0.4, 0.5) is 0 Å². The SMILES string of the molecule is CN(C[C@H]1C[C@@H](c2ccc(CO)cc2)O[C@@H](c2cccc(-c3cccc(CNC(=O)c4cnc5ccccc5n4)c3)c2)O1)C[C@@H](O)c1cccc(O)c1. The number of phenolic OH excluding ortho intramolecular Hbond substituents is 1. The van der Waals surface area contributed by atoms with Crippen molar-refractivity contribution in [1.82, 2.24) is 20.2 Å². The van der Waals surface area contributed by atoms with Crippen LogP contribution in [0.15, 0.2) is 128 Å². The zero-order valence-electron chi connectivity index (χ0n) is 29.4. The predicted octanol–water partition coefficient (Wildman–Crippen LogP) is 6.64. The number of carbonyl (C=O) groups excluding carboxylic acids is 1. The standard InChI is InChI=1S/C43H42N4O6/c1-47(26-40(50)33-10-6-12-35(49)21-33)25-36-22-41(30-17-15-28(27-48)16-18-30)53-43(52-36)34-11-5-9-32(20-34)31-8-4-7-29(19-31)23-45-42(51)39-24-44-37-13-2-3-14-38(37)46-39/h2-21,24,36,40-41,43,48-50H,22-23,25-27H2,1H3,(H,45,51)/t36-,40-,41+,43+/m1/s1. The normalized spacial score (nSPS) is 17.8. The molecule has 1 amide bonds. The zero-order valence-corrected chi connectivity index (χ0v) is 29.4. The van der Waals surface area contributed by atoms with Crippen molar-refractivity contribution in [3.63, 3.8) is 0 Å². The zero-order chi connectivity index (χ0) is 36.7. The molecule has 1 fully saturated rings. The van der Waals surface area contributed by atoms with E-state index in [0.717, 1.165) is 38.9 Å². The number of hydrogen-bond donors (Lipinski definition) is 4. The Morgan fingerprint density at radius 1 is 0.849 bits per heavy atom. The summed E-state index contributed by atoms with van der Waals surface area (Å²) in [5.74, 6) is -0.181. The van der Waals surface area contributed by atoms with Crippen LogP contribution < -0.4 is 5.32 Å². The molecule has 0 radical (unpaired) electrons. The number of fused-ring (bicyclic) bond motifs is 1. The van der Waals surface area contributed by atoms with E-state index in [0.29, 0.717) is 37.1 Å². The van der Waals surface area contributed by atoms with Crippen LogP contribution in [-0.4, -0.2) is 62.3 Å². The smallest absolute Gasteiger partial charge is 0.271 e. The highest BCUT2D eigenvalue weighted by molar-refractivity contribution is 5.93. The number of amides is 1. The molecule has 0 unspecified atom stereocenters. The molecule has 1 saturated heterocycles. The molecule has 4 atom stereocenters. The number of nitrogens with zero attached hydrogens (tertiary/aromatic N) is 3. The summed E-state index contributed by atoms with van der Waals surface area (Å²) in [6, 6.07) is 38.0. The number of para-hydroxylation sites is 2. The van der Waals surface area contributed by atoms with Crippen LogP contribution in [-0.2, 0) is 22.6 Å². The van der Waals surface area contributed by atoms with Gasteiger partial charge in [0.05, 0.1) is 42.1 Å². The van der Waals surface area contributed by atoms with Gasteiger partial charge in [-0.2, -0.15) is 0 Å². The van der Waals surface area contributed by atoms with Gasteiger partial charge in [-0.15, -0.1) is 0 Å². The largest absolute Gasteiger partial charge is 0.508 e. The van der Waals surface area contributed by atoms with E-state index in [1.165, 1.54) is 6.20 Å². The maximum atomic E-state index is 12.9. The van der Waals surface area contributed by atoms with Crippen molar-refractivity contribution >= 4 is 16.9 Å². The topological polar surface area (TPSA) is 137 Å². The van der Waals surface area contributed by atoms with Gasteiger partial charge in [0.2, 0.25) is 0 Å². The summed E-state index contributed by atoms with van der Waals surface area (Å²) in [4.78, 5) is 23.8. The van der Waals surface area contributed by atoms with E-state index in [1.54, 1.807) is 24.3 Å². The number of carbonyl (C=O) groups is 1. The molecule has 1 aliphatic heterocycles. The lowest BCUT2D eigenvalue weighted by atomic mass is 9.98. The second-order valence-electron chi connectivity index (χ2n) is 13.4. The second kappa shape index (κ2) is 16.5. The fraction of sp³-hybridized carbons (Fsp3) is 0.233. The maximum absolute atomic E-state index is 12.9. The third-order valence-corrected chi connectivity index (χ3v) is 9.42. The first-order valence-corrected chi connectivity index (χ1v) is 17.7. The molecule has 1 aliphatic rings. The molecule has 10 nitrogen and oxygen atoms in total. The van der Waals surface area contributed by atoms with Gasteiger partial charge in [-0.25, -0.2) is 4.98 Å². The van der Waals surface area contributed by atoms with Crippen LogP contribution in [0.5, 0.6) is 5.75 Å². The highest BCUT2D eigenvalue weighted by atomic mass is 16.7. The average Bonchev–Trinajstić information content (AvgIpc) is 3.19. The molecular formula is C43H42N4O6. The Bertz CT molecular complexity index is 2180. The Labute approximate surface area is 308 Å². The molecule has 7 rings (SSSR count). The minimum absolute atomic E-state index is 0.0357. The molecule has 53 heavy (non-hydrogen) atoms. The van der Waals surface area contributed by atoms with E-state index in [1.807, 2.05) is 96.9 Å². The average molecular weight is 711 g/mol. The third-order valence-electron chi connectivity index (χ3n) is 9.42. The Kier molecular flexibility index (Phi) is 11.1. The predicted molar refractivity (Wildman–Crippen MR) is 202 cm³/mol. The van der Waals surface area contributed by atoms with Crippen LogP contribution in [0, 0.1) is 0 Å². The van der Waals surface area contributed by atoms with Gasteiger partial charge in [-0.3, -0.25) is 9.78 Å². The van der Waals surface area contributed by atoms with E-state index in [-0.39, 0.29) is 36.2 Å². The molecule has 2 heterocycles. The summed E-state index contributed by atoms with van der Waals surface area (Å²) in [5, 5.41) is 33.3. The lowest BCUT2D eigenvalue weighted by molar-refractivity contribution is -0.252. The van der Waals surface area contributed by atoms with Crippen molar-refractivity contribution in [3.05, 3.63) is 161 Å². The minimum atomic E-state index is -0.780. The van der Waals surface area contributed by atoms with Crippen LogP contribution in [0.2, 0.25) is 0 Å². The van der Waals surface area contributed by atoms with Crippen molar-refractivity contribution in [2.45, 2.75) is 44.2 Å². The molecule has 0 bridgehead atoms. The highest BCUT2D eigenvalue weighted by Gasteiger charge is 2.33. The van der Waals surface area contributed by atoms with Crippen molar-refractivity contribution in [3.8, 4) is 16.9 Å². The molecule has 1 aromatic heterocycles. The summed E-state index contributed by atoms with van der Waals surface area (Å²) in [5.41, 5.74) is 7.87. The number of aliphatic hydroxyl groups excluding tert-OH is 2. The highest BCUT2D eigenvalue weighted by Crippen LogP contribution is 2.39. The van der Waals surface area contributed by atoms with Crippen LogP contribution in [0.1, 0.15) is 63.2 Å². The van der Waals surface area contributed by atoms with Crippen LogP contribution in [0.3, 0.4) is 0 Å². The summed E-state index contributed by atoms with van der Waals surface area (Å²) in [7, 11) is 1.94. The number of hydrogen-bond acceptors (Lipinski definition) is 9. The molecule has 5 aromatic carbocycles. The van der Waals surface area contributed by atoms with E-state index >= 15 is 0 Å². The van der Waals surface area contributed by atoms with Gasteiger partial charge in [-0.1, -0.05) is 84.9 Å². The molecule has 6 aromatic rings. The summed E-state index contributed by atoms with van der Waals surface area (Å²) in [6.07, 6.45) is 0.162. The first kappa shape index (κ1) is 35.9. The van der Waals surface area contributed by atoms with Crippen LogP contribution in [0.25, 0.3) is 22.2 Å². The van der Waals surface area contributed by atoms with Gasteiger partial charge in [0, 0.05) is 31.6 Å². The molecule has 270 valence electrons. The molecule has 0 spiro atoms. The number of phenols is 1. The number of aliphatic hydroxyl groups is 2. The van der Waals surface area contributed by atoms with Gasteiger partial charge in [0.15, 0.2) is 6.29 Å². The van der Waals surface area contributed by atoms with E-state index in [4.69, 9.17) is 9.47 Å². The number of benzene rings is 5. The fourth-order valence-electron chi connectivity index (χ4n) is 6.65. The Morgan fingerprint density at radius 2 is 1.60 bits per heavy atom. The second-order valence-corrected chi connectivity index (χ2v) is 13.4. The van der Waals surface area contributed by atoms with Gasteiger partial charge < -0.3 is 35.0 Å². The quantitative estimate of drug-likeness (QED) is 0.110. The molecule has 10 heteroatoms. The Morgan fingerprint density at radius 3 is 2.40 bits per heavy atom. The molecule has 4 N–H and O–H groups in total. The number of rotatable bonds is 12. The van der Waals surface area contributed by atoms with Crippen molar-refractivity contribution in [2.24, 2.45) is 0 Å². The van der Waals surface area contributed by atoms with Gasteiger partial charge >= 0.3 is 0 Å². The fourth-order valence-corrected chi connectivity index (χ4v) is 6.65. The first-order chi connectivity index (χ1) is 25.8. The lowest BCUT2D eigenvalue weighted by Crippen LogP contribution is -2.39. The van der Waals surface area contributed by atoms with E-state index < -0.39 is 12.4 Å². The maximum Gasteiger partial charge on any atom is 0.271 e. The van der Waals surface area contributed by atoms with Gasteiger partial charge in [0.1, 0.15) is 11.4 Å². The van der Waals surface area contributed by atoms with Gasteiger partial charge in [0.25, 0.3) is 5.91 Å². The number of aromatic nitrogens is 2. The van der Waals surface area contributed by atoms with Crippen molar-refractivity contribution < 1.29 is 29.6 Å². The van der Waals surface area contributed by atoms with E-state index in [2.05, 4.69) is 27.4 Å². The molecular weight excluding hydrogens is 668 g/mol. The number of aromatic hydroxyl groups is 1. The minimum Gasteiger partial charge on any atom is -0.508 e. The number of ether oxygens (including phenoxy) is 2. The van der Waals surface area contributed by atoms with E-state index in [9.17, 15) is 20.1 Å². The van der Waals surface area contributed by atoms with Gasteiger partial charge in [-0.05, 0) is 76.8 Å². The number of likely N-dealkylation sites (N-methyl/N-ethyl adjacent to an activating group) is 1. The third kappa shape index (κ3) is 8.94. The first-order valence-electron chi connectivity index (χ1n) is 17.7.